The lowest BCUT2D eigenvalue weighted by atomic mass is 10.3. The molecule has 0 amide bonds. The van der Waals surface area contributed by atoms with E-state index in [1.54, 1.807) is 0 Å². The van der Waals surface area contributed by atoms with E-state index in [0.717, 1.165) is 9.99 Å². The molecular formula is C6H3BrN2O. The Hall–Kier alpha value is -0.900. The van der Waals surface area contributed by atoms with Crippen LogP contribution in [0.1, 0.15) is 0 Å². The Balaban J connectivity index is 2.95. The van der Waals surface area contributed by atoms with Gasteiger partial charge in [-0.3, -0.25) is 0 Å². The number of aromatic nitrogens is 2. The Labute approximate surface area is 65.1 Å². The summed E-state index contributed by atoms with van der Waals surface area (Å²) in [5.74, 6) is 0. The van der Waals surface area contributed by atoms with E-state index in [2.05, 4.69) is 26.3 Å². The number of rotatable bonds is 0. The molecule has 0 radical (unpaired) electrons. The molecule has 4 heteroatoms. The van der Waals surface area contributed by atoms with Gasteiger partial charge >= 0.3 is 0 Å². The molecule has 2 rings (SSSR count). The Bertz CT molecular complexity index is 357. The van der Waals surface area contributed by atoms with Gasteiger partial charge in [-0.15, -0.1) is 5.10 Å². The first kappa shape index (κ1) is 5.85. The molecule has 0 bridgehead atoms. The van der Waals surface area contributed by atoms with Gasteiger partial charge in [0.2, 0.25) is 0 Å². The zero-order chi connectivity index (χ0) is 6.97. The Morgan fingerprint density at radius 1 is 1.40 bits per heavy atom. The van der Waals surface area contributed by atoms with Crippen molar-refractivity contribution in [3.63, 3.8) is 0 Å². The third-order valence-electron chi connectivity index (χ3n) is 1.23. The minimum Gasteiger partial charge on any atom is -0.337 e. The molecule has 10 heavy (non-hydrogen) atoms. The van der Waals surface area contributed by atoms with Crippen LogP contribution in [0.4, 0.5) is 0 Å². The fourth-order valence-corrected chi connectivity index (χ4v) is 1.20. The molecule has 0 saturated heterocycles. The number of benzene rings is 1. The number of hydrogen-bond donors (Lipinski definition) is 0. The molecule has 0 atom stereocenters. The quantitative estimate of drug-likeness (QED) is 0.651. The molecule has 0 aliphatic carbocycles. The minimum atomic E-state index is 0.703. The summed E-state index contributed by atoms with van der Waals surface area (Å²) < 4.78 is 5.72. The van der Waals surface area contributed by atoms with Crippen molar-refractivity contribution in [2.75, 3.05) is 0 Å². The van der Waals surface area contributed by atoms with Crippen molar-refractivity contribution in [3.8, 4) is 0 Å². The Morgan fingerprint density at radius 2 is 2.30 bits per heavy atom. The zero-order valence-corrected chi connectivity index (χ0v) is 6.50. The average molecular weight is 199 g/mol. The van der Waals surface area contributed by atoms with Crippen molar-refractivity contribution in [2.24, 2.45) is 0 Å². The molecule has 0 unspecified atom stereocenters. The molecule has 0 fully saturated rings. The maximum Gasteiger partial charge on any atom is 0.188 e. The summed E-state index contributed by atoms with van der Waals surface area (Å²) in [6.45, 7) is 0. The molecule has 0 saturated carbocycles. The second-order valence-corrected chi connectivity index (χ2v) is 2.71. The van der Waals surface area contributed by atoms with Gasteiger partial charge in [-0.2, -0.15) is 0 Å². The van der Waals surface area contributed by atoms with Crippen LogP contribution in [0.15, 0.2) is 27.2 Å². The highest BCUT2D eigenvalue weighted by Gasteiger charge is 2.01. The van der Waals surface area contributed by atoms with Gasteiger partial charge in [-0.05, 0) is 28.1 Å². The van der Waals surface area contributed by atoms with Crippen LogP contribution in [0, 0.1) is 0 Å². The van der Waals surface area contributed by atoms with E-state index < -0.39 is 0 Å². The van der Waals surface area contributed by atoms with E-state index in [4.69, 9.17) is 4.52 Å². The lowest BCUT2D eigenvalue weighted by molar-refractivity contribution is 0.424. The standard InChI is InChI=1S/C6H3BrN2O/c7-4-2-1-3-5-6(4)8-9-10-5/h1-3H. The summed E-state index contributed by atoms with van der Waals surface area (Å²) in [4.78, 5) is 0. The van der Waals surface area contributed by atoms with Crippen molar-refractivity contribution in [3.05, 3.63) is 22.7 Å². The minimum absolute atomic E-state index is 0.703. The van der Waals surface area contributed by atoms with Gasteiger partial charge in [0.1, 0.15) is 5.52 Å². The fraction of sp³-hybridized carbons (Fsp3) is 0. The molecular weight excluding hydrogens is 196 g/mol. The highest BCUT2D eigenvalue weighted by atomic mass is 79.9. The van der Waals surface area contributed by atoms with Crippen LogP contribution in [-0.4, -0.2) is 10.4 Å². The first-order chi connectivity index (χ1) is 4.88. The number of nitrogens with zero attached hydrogens (tertiary/aromatic N) is 2. The summed E-state index contributed by atoms with van der Waals surface area (Å²) in [5.41, 5.74) is 1.47. The highest BCUT2D eigenvalue weighted by Crippen LogP contribution is 2.20. The monoisotopic (exact) mass is 198 g/mol. The van der Waals surface area contributed by atoms with Crippen molar-refractivity contribution >= 4 is 27.0 Å². The largest absolute Gasteiger partial charge is 0.337 e. The Kier molecular flexibility index (Phi) is 1.20. The first-order valence-electron chi connectivity index (χ1n) is 2.74. The van der Waals surface area contributed by atoms with Crippen LogP contribution < -0.4 is 0 Å². The van der Waals surface area contributed by atoms with Crippen LogP contribution in [0.2, 0.25) is 0 Å². The third kappa shape index (κ3) is 0.724. The van der Waals surface area contributed by atoms with E-state index in [-0.39, 0.29) is 0 Å². The van der Waals surface area contributed by atoms with Crippen molar-refractivity contribution < 1.29 is 4.52 Å². The molecule has 2 aromatic rings. The number of hydrogen-bond acceptors (Lipinski definition) is 3. The topological polar surface area (TPSA) is 38.9 Å². The van der Waals surface area contributed by atoms with Gasteiger partial charge < -0.3 is 4.52 Å². The highest BCUT2D eigenvalue weighted by molar-refractivity contribution is 9.10. The van der Waals surface area contributed by atoms with Crippen molar-refractivity contribution in [1.29, 1.82) is 0 Å². The average Bonchev–Trinajstić information content (AvgIpc) is 2.36. The van der Waals surface area contributed by atoms with Gasteiger partial charge in [0.05, 0.1) is 0 Å². The molecule has 1 aromatic heterocycles. The molecule has 1 heterocycles. The predicted octanol–water partition coefficient (Wildman–Crippen LogP) is 1.99. The van der Waals surface area contributed by atoms with Crippen molar-refractivity contribution in [2.45, 2.75) is 0 Å². The summed E-state index contributed by atoms with van der Waals surface area (Å²) in [6.07, 6.45) is 0. The van der Waals surface area contributed by atoms with Crippen LogP contribution in [0.5, 0.6) is 0 Å². The second-order valence-electron chi connectivity index (χ2n) is 1.86. The van der Waals surface area contributed by atoms with E-state index in [1.807, 2.05) is 18.2 Å². The van der Waals surface area contributed by atoms with Crippen LogP contribution >= 0.6 is 15.9 Å². The molecule has 0 spiro atoms. The lowest BCUT2D eigenvalue weighted by Gasteiger charge is -1.84. The third-order valence-corrected chi connectivity index (χ3v) is 1.87. The van der Waals surface area contributed by atoms with Gasteiger partial charge in [0.25, 0.3) is 0 Å². The maximum atomic E-state index is 4.81. The molecule has 50 valence electrons. The summed E-state index contributed by atoms with van der Waals surface area (Å²) in [7, 11) is 0. The normalized spacial score (nSPS) is 10.5. The van der Waals surface area contributed by atoms with E-state index in [0.29, 0.717) is 5.58 Å². The van der Waals surface area contributed by atoms with Crippen LogP contribution in [0.3, 0.4) is 0 Å². The van der Waals surface area contributed by atoms with Gasteiger partial charge in [0.15, 0.2) is 5.58 Å². The predicted molar refractivity (Wildman–Crippen MR) is 39.5 cm³/mol. The lowest BCUT2D eigenvalue weighted by Crippen LogP contribution is -1.69. The molecule has 0 aliphatic heterocycles. The molecule has 3 nitrogen and oxygen atoms in total. The van der Waals surface area contributed by atoms with E-state index >= 15 is 0 Å². The zero-order valence-electron chi connectivity index (χ0n) is 4.91. The number of fused-ring (bicyclic) bond motifs is 1. The molecule has 1 aromatic carbocycles. The molecule has 0 N–H and O–H groups in total. The van der Waals surface area contributed by atoms with E-state index in [9.17, 15) is 0 Å². The first-order valence-corrected chi connectivity index (χ1v) is 3.54. The maximum absolute atomic E-state index is 4.81. The van der Waals surface area contributed by atoms with E-state index in [1.165, 1.54) is 0 Å². The van der Waals surface area contributed by atoms with Gasteiger partial charge in [-0.25, -0.2) is 0 Å². The summed E-state index contributed by atoms with van der Waals surface area (Å²) in [6, 6.07) is 5.59. The van der Waals surface area contributed by atoms with Gasteiger partial charge in [-0.1, -0.05) is 6.07 Å². The Morgan fingerprint density at radius 3 is 3.10 bits per heavy atom. The van der Waals surface area contributed by atoms with Gasteiger partial charge in [0, 0.05) is 9.74 Å². The SMILES string of the molecule is Brc1cccc2onnc12. The summed E-state index contributed by atoms with van der Waals surface area (Å²) >= 11 is 3.31. The van der Waals surface area contributed by atoms with Crippen LogP contribution in [-0.2, 0) is 0 Å². The second kappa shape index (κ2) is 2.05. The fourth-order valence-electron chi connectivity index (χ4n) is 0.771. The van der Waals surface area contributed by atoms with Crippen molar-refractivity contribution in [1.82, 2.24) is 10.4 Å². The molecule has 0 aliphatic rings. The van der Waals surface area contributed by atoms with Crippen LogP contribution in [0.25, 0.3) is 11.1 Å². The summed E-state index contributed by atoms with van der Waals surface area (Å²) in [5, 5.41) is 7.16. The number of halogens is 1. The smallest absolute Gasteiger partial charge is 0.188 e.